The van der Waals surface area contributed by atoms with Gasteiger partial charge in [0.25, 0.3) is 0 Å². The zero-order chi connectivity index (χ0) is 20.1. The minimum absolute atomic E-state index is 0.197. The third-order valence-electron chi connectivity index (χ3n) is 4.92. The molecule has 0 aliphatic heterocycles. The fourth-order valence-electron chi connectivity index (χ4n) is 3.45. The lowest BCUT2D eigenvalue weighted by Gasteiger charge is -2.13. The Balaban J connectivity index is 1.50. The summed E-state index contributed by atoms with van der Waals surface area (Å²) in [6.07, 6.45) is 2.73. The second-order valence-electron chi connectivity index (χ2n) is 6.87. The van der Waals surface area contributed by atoms with E-state index in [1.807, 2.05) is 55.5 Å². The van der Waals surface area contributed by atoms with Gasteiger partial charge >= 0.3 is 0 Å². The lowest BCUT2D eigenvalue weighted by Crippen LogP contribution is -2.02. The van der Waals surface area contributed by atoms with Crippen LogP contribution in [0.1, 0.15) is 43.3 Å². The summed E-state index contributed by atoms with van der Waals surface area (Å²) < 4.78 is 11.4. The van der Waals surface area contributed by atoms with Crippen LogP contribution < -0.4 is 9.47 Å². The number of nitrogens with zero attached hydrogens (tertiary/aromatic N) is 2. The number of ether oxygens (including phenoxy) is 2. The summed E-state index contributed by atoms with van der Waals surface area (Å²) in [4.78, 5) is 12.6. The molecule has 0 fully saturated rings. The smallest absolute Gasteiger partial charge is 0.130 e. The van der Waals surface area contributed by atoms with Crippen molar-refractivity contribution in [2.45, 2.75) is 32.8 Å². The van der Waals surface area contributed by atoms with Gasteiger partial charge in [0, 0.05) is 18.2 Å². The Bertz CT molecular complexity index is 1060. The first kappa shape index (κ1) is 19.0. The van der Waals surface area contributed by atoms with Crippen molar-refractivity contribution < 1.29 is 9.47 Å². The Kier molecular flexibility index (Phi) is 5.75. The molecular formula is C24H25N3O2. The highest BCUT2D eigenvalue weighted by Crippen LogP contribution is 2.30. The van der Waals surface area contributed by atoms with Crippen LogP contribution in [0.5, 0.6) is 11.5 Å². The van der Waals surface area contributed by atoms with Crippen LogP contribution >= 0.6 is 0 Å². The summed E-state index contributed by atoms with van der Waals surface area (Å²) in [6.45, 7) is 5.27. The molecule has 0 saturated carbocycles. The Morgan fingerprint density at radius 2 is 1.76 bits per heavy atom. The second-order valence-corrected chi connectivity index (χ2v) is 6.87. The fraction of sp³-hybridized carbons (Fsp3) is 0.250. The van der Waals surface area contributed by atoms with Gasteiger partial charge < -0.3 is 14.5 Å². The summed E-state index contributed by atoms with van der Waals surface area (Å²) >= 11 is 0. The van der Waals surface area contributed by atoms with Gasteiger partial charge in [0.1, 0.15) is 23.9 Å². The first-order valence-corrected chi connectivity index (χ1v) is 10.0. The largest absolute Gasteiger partial charge is 0.494 e. The van der Waals surface area contributed by atoms with E-state index in [1.54, 1.807) is 6.20 Å². The normalized spacial score (nSPS) is 12.1. The van der Waals surface area contributed by atoms with E-state index < -0.39 is 0 Å². The van der Waals surface area contributed by atoms with Crippen LogP contribution in [0.3, 0.4) is 0 Å². The molecule has 0 bridgehead atoms. The Hall–Kier alpha value is -3.34. The number of pyridine rings is 1. The predicted molar refractivity (Wildman–Crippen MR) is 114 cm³/mol. The van der Waals surface area contributed by atoms with Crippen LogP contribution in [-0.2, 0) is 6.61 Å². The van der Waals surface area contributed by atoms with Gasteiger partial charge in [0.15, 0.2) is 0 Å². The highest BCUT2D eigenvalue weighted by atomic mass is 16.5. The molecule has 2 heterocycles. The molecule has 4 aromatic rings. The van der Waals surface area contributed by atoms with E-state index in [0.29, 0.717) is 13.2 Å². The molecular weight excluding hydrogens is 362 g/mol. The molecule has 5 nitrogen and oxygen atoms in total. The van der Waals surface area contributed by atoms with E-state index in [0.717, 1.165) is 40.5 Å². The predicted octanol–water partition coefficient (Wildman–Crippen LogP) is 5.48. The highest BCUT2D eigenvalue weighted by molar-refractivity contribution is 5.77. The van der Waals surface area contributed by atoms with Crippen LogP contribution in [0.15, 0.2) is 66.9 Å². The van der Waals surface area contributed by atoms with Crippen molar-refractivity contribution in [2.75, 3.05) is 6.61 Å². The molecule has 1 N–H and O–H groups in total. The van der Waals surface area contributed by atoms with Crippen molar-refractivity contribution >= 4 is 11.0 Å². The Morgan fingerprint density at radius 1 is 0.931 bits per heavy atom. The molecule has 0 aliphatic carbocycles. The van der Waals surface area contributed by atoms with Gasteiger partial charge in [-0.05, 0) is 55.3 Å². The molecule has 0 spiro atoms. The summed E-state index contributed by atoms with van der Waals surface area (Å²) in [6, 6.07) is 20.0. The highest BCUT2D eigenvalue weighted by Gasteiger charge is 2.17. The van der Waals surface area contributed by atoms with Crippen LogP contribution in [0, 0.1) is 0 Å². The molecule has 2 aromatic carbocycles. The van der Waals surface area contributed by atoms with Gasteiger partial charge in [-0.1, -0.05) is 25.1 Å². The SMILES string of the molecule is CCOc1ccc2nc(C(CC)c3ccc(OCc4ccccn4)cc3)[nH]c2c1. The fourth-order valence-corrected chi connectivity index (χ4v) is 3.45. The molecule has 1 unspecified atom stereocenters. The number of H-pyrrole nitrogens is 1. The van der Waals surface area contributed by atoms with Crippen molar-refractivity contribution in [3.05, 3.63) is 83.9 Å². The summed E-state index contributed by atoms with van der Waals surface area (Å²) in [5, 5.41) is 0. The van der Waals surface area contributed by atoms with Gasteiger partial charge in [0.05, 0.1) is 23.3 Å². The van der Waals surface area contributed by atoms with E-state index in [2.05, 4.69) is 29.0 Å². The number of aromatic amines is 1. The third kappa shape index (κ3) is 4.40. The Morgan fingerprint density at radius 3 is 2.48 bits per heavy atom. The standard InChI is InChI=1S/C24H25N3O2/c1-3-21(24-26-22-13-12-20(28-4-2)15-23(22)27-24)17-8-10-19(11-9-17)29-16-18-7-5-6-14-25-18/h5-15,21H,3-4,16H2,1-2H3,(H,26,27). The molecule has 148 valence electrons. The number of hydrogen-bond acceptors (Lipinski definition) is 4. The van der Waals surface area contributed by atoms with E-state index in [4.69, 9.17) is 14.5 Å². The molecule has 0 saturated heterocycles. The number of aromatic nitrogens is 3. The Labute approximate surface area is 170 Å². The minimum atomic E-state index is 0.197. The number of nitrogens with one attached hydrogen (secondary N) is 1. The first-order valence-electron chi connectivity index (χ1n) is 10.0. The number of rotatable bonds is 8. The maximum absolute atomic E-state index is 5.85. The molecule has 2 aromatic heterocycles. The molecule has 0 amide bonds. The maximum Gasteiger partial charge on any atom is 0.130 e. The van der Waals surface area contributed by atoms with Crippen molar-refractivity contribution in [3.63, 3.8) is 0 Å². The lowest BCUT2D eigenvalue weighted by molar-refractivity contribution is 0.301. The summed E-state index contributed by atoms with van der Waals surface area (Å²) in [7, 11) is 0. The van der Waals surface area contributed by atoms with Crippen LogP contribution in [-0.4, -0.2) is 21.6 Å². The topological polar surface area (TPSA) is 60.0 Å². The number of imidazole rings is 1. The van der Waals surface area contributed by atoms with Gasteiger partial charge in [0.2, 0.25) is 0 Å². The van der Waals surface area contributed by atoms with Gasteiger partial charge in [-0.25, -0.2) is 4.98 Å². The van der Waals surface area contributed by atoms with E-state index in [9.17, 15) is 0 Å². The van der Waals surface area contributed by atoms with E-state index >= 15 is 0 Å². The number of benzene rings is 2. The molecule has 1 atom stereocenters. The lowest BCUT2D eigenvalue weighted by atomic mass is 9.96. The monoisotopic (exact) mass is 387 g/mol. The number of fused-ring (bicyclic) bond motifs is 1. The second kappa shape index (κ2) is 8.78. The van der Waals surface area contributed by atoms with Crippen LogP contribution in [0.2, 0.25) is 0 Å². The van der Waals surface area contributed by atoms with Crippen LogP contribution in [0.4, 0.5) is 0 Å². The van der Waals surface area contributed by atoms with E-state index in [1.165, 1.54) is 5.56 Å². The zero-order valence-electron chi connectivity index (χ0n) is 16.8. The minimum Gasteiger partial charge on any atom is -0.494 e. The van der Waals surface area contributed by atoms with Crippen molar-refractivity contribution in [1.82, 2.24) is 15.0 Å². The quantitative estimate of drug-likeness (QED) is 0.435. The van der Waals surface area contributed by atoms with E-state index in [-0.39, 0.29) is 5.92 Å². The van der Waals surface area contributed by atoms with Crippen molar-refractivity contribution in [1.29, 1.82) is 0 Å². The third-order valence-corrected chi connectivity index (χ3v) is 4.92. The molecule has 0 radical (unpaired) electrons. The molecule has 0 aliphatic rings. The number of hydrogen-bond donors (Lipinski definition) is 1. The first-order chi connectivity index (χ1) is 14.3. The zero-order valence-corrected chi connectivity index (χ0v) is 16.8. The van der Waals surface area contributed by atoms with Gasteiger partial charge in [-0.2, -0.15) is 0 Å². The average molecular weight is 387 g/mol. The van der Waals surface area contributed by atoms with Crippen LogP contribution in [0.25, 0.3) is 11.0 Å². The summed E-state index contributed by atoms with van der Waals surface area (Å²) in [5.74, 6) is 2.86. The van der Waals surface area contributed by atoms with Gasteiger partial charge in [-0.15, -0.1) is 0 Å². The van der Waals surface area contributed by atoms with Crippen molar-refractivity contribution in [2.24, 2.45) is 0 Å². The average Bonchev–Trinajstić information content (AvgIpc) is 3.17. The van der Waals surface area contributed by atoms with Crippen molar-refractivity contribution in [3.8, 4) is 11.5 Å². The summed E-state index contributed by atoms with van der Waals surface area (Å²) in [5.41, 5.74) is 4.08. The molecule has 4 rings (SSSR count). The molecule has 5 heteroatoms. The molecule has 29 heavy (non-hydrogen) atoms. The van der Waals surface area contributed by atoms with Gasteiger partial charge in [-0.3, -0.25) is 4.98 Å². The maximum atomic E-state index is 5.85.